The van der Waals surface area contributed by atoms with Crippen molar-refractivity contribution >= 4 is 0 Å². The van der Waals surface area contributed by atoms with Crippen molar-refractivity contribution in [2.75, 3.05) is 40.8 Å². The van der Waals surface area contributed by atoms with Crippen LogP contribution in [0.4, 0.5) is 0 Å². The molecular formula is C14H31N3. The van der Waals surface area contributed by atoms with Crippen molar-refractivity contribution in [1.29, 1.82) is 0 Å². The molecule has 0 radical (unpaired) electrons. The van der Waals surface area contributed by atoms with Crippen molar-refractivity contribution in [2.45, 2.75) is 38.6 Å². The molecule has 0 aromatic heterocycles. The van der Waals surface area contributed by atoms with Crippen LogP contribution in [0, 0.1) is 11.8 Å². The van der Waals surface area contributed by atoms with Gasteiger partial charge in [-0.3, -0.25) is 4.90 Å². The fraction of sp³-hybridized carbons (Fsp3) is 1.00. The van der Waals surface area contributed by atoms with E-state index in [1.807, 2.05) is 0 Å². The minimum atomic E-state index is 0.239. The molecule has 0 heterocycles. The van der Waals surface area contributed by atoms with E-state index in [-0.39, 0.29) is 5.54 Å². The molecule has 3 heteroatoms. The topological polar surface area (TPSA) is 32.5 Å². The van der Waals surface area contributed by atoms with Gasteiger partial charge in [0, 0.05) is 25.2 Å². The molecule has 3 atom stereocenters. The molecule has 2 N–H and O–H groups in total. The van der Waals surface area contributed by atoms with Crippen molar-refractivity contribution in [2.24, 2.45) is 17.6 Å². The van der Waals surface area contributed by atoms with E-state index >= 15 is 0 Å². The highest BCUT2D eigenvalue weighted by Gasteiger charge is 2.41. The van der Waals surface area contributed by atoms with Gasteiger partial charge in [0.2, 0.25) is 0 Å². The van der Waals surface area contributed by atoms with Crippen molar-refractivity contribution in [1.82, 2.24) is 9.80 Å². The summed E-state index contributed by atoms with van der Waals surface area (Å²) in [7, 11) is 6.52. The van der Waals surface area contributed by atoms with Crippen molar-refractivity contribution in [3.8, 4) is 0 Å². The van der Waals surface area contributed by atoms with Gasteiger partial charge >= 0.3 is 0 Å². The summed E-state index contributed by atoms with van der Waals surface area (Å²) in [5.74, 6) is 1.58. The highest BCUT2D eigenvalue weighted by molar-refractivity contribution is 4.98. The van der Waals surface area contributed by atoms with Crippen LogP contribution in [0.3, 0.4) is 0 Å². The monoisotopic (exact) mass is 241 g/mol. The van der Waals surface area contributed by atoms with Crippen molar-refractivity contribution < 1.29 is 0 Å². The Hall–Kier alpha value is -0.120. The van der Waals surface area contributed by atoms with Crippen LogP contribution in [0.1, 0.15) is 33.1 Å². The third kappa shape index (κ3) is 3.43. The average Bonchev–Trinajstić information content (AvgIpc) is 2.27. The van der Waals surface area contributed by atoms with Gasteiger partial charge in [0.1, 0.15) is 0 Å². The first kappa shape index (κ1) is 14.9. The molecule has 1 saturated carbocycles. The molecule has 0 amide bonds. The second-order valence-electron chi connectivity index (χ2n) is 6.31. The van der Waals surface area contributed by atoms with Crippen molar-refractivity contribution in [3.63, 3.8) is 0 Å². The molecule has 102 valence electrons. The Bertz CT molecular complexity index is 230. The number of likely N-dealkylation sites (N-methyl/N-ethyl adjacent to an activating group) is 2. The molecule has 3 nitrogen and oxygen atoms in total. The zero-order valence-electron chi connectivity index (χ0n) is 12.4. The van der Waals surface area contributed by atoms with Gasteiger partial charge in [-0.05, 0) is 52.2 Å². The standard InChI is InChI=1S/C14H31N3/c1-12-6-7-14(11-15,13(2)10-12)17(5)9-8-16(3)4/h12-13H,6-11,15H2,1-5H3. The molecule has 17 heavy (non-hydrogen) atoms. The first-order valence-electron chi connectivity index (χ1n) is 6.98. The number of nitrogens with two attached hydrogens (primary N) is 1. The summed E-state index contributed by atoms with van der Waals surface area (Å²) in [5.41, 5.74) is 6.36. The summed E-state index contributed by atoms with van der Waals surface area (Å²) in [5, 5.41) is 0. The Kier molecular flexibility index (Phi) is 5.42. The van der Waals surface area contributed by atoms with E-state index in [1.54, 1.807) is 0 Å². The lowest BCUT2D eigenvalue weighted by atomic mass is 9.69. The minimum Gasteiger partial charge on any atom is -0.329 e. The molecule has 0 spiro atoms. The molecule has 0 aromatic carbocycles. The summed E-state index contributed by atoms with van der Waals surface area (Å²) in [6.07, 6.45) is 3.91. The number of hydrogen-bond donors (Lipinski definition) is 1. The van der Waals surface area contributed by atoms with Crippen LogP contribution >= 0.6 is 0 Å². The van der Waals surface area contributed by atoms with Gasteiger partial charge in [-0.15, -0.1) is 0 Å². The van der Waals surface area contributed by atoms with Gasteiger partial charge < -0.3 is 10.6 Å². The number of rotatable bonds is 5. The first-order chi connectivity index (χ1) is 7.92. The van der Waals surface area contributed by atoms with Crippen LogP contribution in [0.2, 0.25) is 0 Å². The van der Waals surface area contributed by atoms with Crippen LogP contribution in [0.25, 0.3) is 0 Å². The van der Waals surface area contributed by atoms with E-state index < -0.39 is 0 Å². The Labute approximate surface area is 107 Å². The number of hydrogen-bond acceptors (Lipinski definition) is 3. The van der Waals surface area contributed by atoms with E-state index in [1.165, 1.54) is 19.3 Å². The van der Waals surface area contributed by atoms with Crippen LogP contribution in [0.15, 0.2) is 0 Å². The highest BCUT2D eigenvalue weighted by Crippen LogP contribution is 2.39. The maximum atomic E-state index is 6.13. The average molecular weight is 241 g/mol. The summed E-state index contributed by atoms with van der Waals surface area (Å²) in [6.45, 7) is 7.78. The van der Waals surface area contributed by atoms with E-state index in [4.69, 9.17) is 5.73 Å². The van der Waals surface area contributed by atoms with Crippen LogP contribution < -0.4 is 5.73 Å². The second kappa shape index (κ2) is 6.17. The Morgan fingerprint density at radius 2 is 1.82 bits per heavy atom. The molecule has 1 aliphatic carbocycles. The van der Waals surface area contributed by atoms with Crippen molar-refractivity contribution in [3.05, 3.63) is 0 Å². The van der Waals surface area contributed by atoms with Crippen LogP contribution in [-0.4, -0.2) is 56.1 Å². The third-order valence-corrected chi connectivity index (χ3v) is 4.74. The Morgan fingerprint density at radius 3 is 2.29 bits per heavy atom. The minimum absolute atomic E-state index is 0.239. The molecule has 1 aliphatic rings. The van der Waals surface area contributed by atoms with Gasteiger partial charge in [0.25, 0.3) is 0 Å². The predicted octanol–water partition coefficient (Wildman–Crippen LogP) is 1.63. The smallest absolute Gasteiger partial charge is 0.0354 e. The fourth-order valence-electron chi connectivity index (χ4n) is 3.28. The zero-order valence-corrected chi connectivity index (χ0v) is 12.4. The SMILES string of the molecule is CC1CCC(CN)(N(C)CCN(C)C)C(C)C1. The summed E-state index contributed by atoms with van der Waals surface area (Å²) < 4.78 is 0. The molecule has 3 unspecified atom stereocenters. The molecule has 0 saturated heterocycles. The lowest BCUT2D eigenvalue weighted by Crippen LogP contribution is -2.59. The van der Waals surface area contributed by atoms with Crippen LogP contribution in [-0.2, 0) is 0 Å². The molecule has 1 rings (SSSR count). The molecule has 0 aliphatic heterocycles. The second-order valence-corrected chi connectivity index (χ2v) is 6.31. The first-order valence-corrected chi connectivity index (χ1v) is 6.98. The normalized spacial score (nSPS) is 34.6. The fourth-order valence-corrected chi connectivity index (χ4v) is 3.28. The number of nitrogens with zero attached hydrogens (tertiary/aromatic N) is 2. The maximum absolute atomic E-state index is 6.13. The van der Waals surface area contributed by atoms with Crippen LogP contribution in [0.5, 0.6) is 0 Å². The third-order valence-electron chi connectivity index (χ3n) is 4.74. The molecule has 1 fully saturated rings. The summed E-state index contributed by atoms with van der Waals surface area (Å²) in [4.78, 5) is 4.76. The van der Waals surface area contributed by atoms with E-state index in [9.17, 15) is 0 Å². The van der Waals surface area contributed by atoms with Gasteiger partial charge in [-0.25, -0.2) is 0 Å². The largest absolute Gasteiger partial charge is 0.329 e. The van der Waals surface area contributed by atoms with Gasteiger partial charge in [-0.2, -0.15) is 0 Å². The predicted molar refractivity (Wildman–Crippen MR) is 75.1 cm³/mol. The molecular weight excluding hydrogens is 210 g/mol. The van der Waals surface area contributed by atoms with Gasteiger partial charge in [0.15, 0.2) is 0 Å². The lowest BCUT2D eigenvalue weighted by Gasteiger charge is -2.50. The van der Waals surface area contributed by atoms with E-state index in [0.717, 1.165) is 25.6 Å². The highest BCUT2D eigenvalue weighted by atomic mass is 15.2. The van der Waals surface area contributed by atoms with E-state index in [2.05, 4.69) is 44.8 Å². The summed E-state index contributed by atoms with van der Waals surface area (Å²) in [6, 6.07) is 0. The maximum Gasteiger partial charge on any atom is 0.0354 e. The van der Waals surface area contributed by atoms with Gasteiger partial charge in [-0.1, -0.05) is 13.8 Å². The Balaban J connectivity index is 2.66. The lowest BCUT2D eigenvalue weighted by molar-refractivity contribution is 0.0151. The molecule has 0 bridgehead atoms. The molecule has 0 aromatic rings. The van der Waals surface area contributed by atoms with Gasteiger partial charge in [0.05, 0.1) is 0 Å². The van der Waals surface area contributed by atoms with E-state index in [0.29, 0.717) is 5.92 Å². The summed E-state index contributed by atoms with van der Waals surface area (Å²) >= 11 is 0. The quantitative estimate of drug-likeness (QED) is 0.794. The Morgan fingerprint density at radius 1 is 1.18 bits per heavy atom. The zero-order chi connectivity index (χ0) is 13.1.